The second-order valence-corrected chi connectivity index (χ2v) is 3.55. The van der Waals surface area contributed by atoms with Crippen molar-refractivity contribution in [1.82, 2.24) is 0 Å². The average Bonchev–Trinajstić information content (AvgIpc) is 2.05. The number of rotatable bonds is 3. The van der Waals surface area contributed by atoms with Gasteiger partial charge >= 0.3 is 0 Å². The van der Waals surface area contributed by atoms with Gasteiger partial charge in [-0.1, -0.05) is 30.3 Å². The lowest BCUT2D eigenvalue weighted by molar-refractivity contribution is 0.703. The lowest BCUT2D eigenvalue weighted by Crippen LogP contribution is -1.80. The summed E-state index contributed by atoms with van der Waals surface area (Å²) in [6.45, 7) is 0. The Morgan fingerprint density at radius 3 is 2.58 bits per heavy atom. The highest BCUT2D eigenvalue weighted by Crippen LogP contribution is 2.10. The Morgan fingerprint density at radius 2 is 2.00 bits per heavy atom. The van der Waals surface area contributed by atoms with E-state index in [0.29, 0.717) is 0 Å². The van der Waals surface area contributed by atoms with Gasteiger partial charge < -0.3 is 0 Å². The van der Waals surface area contributed by atoms with Crippen molar-refractivity contribution < 1.29 is 4.39 Å². The first kappa shape index (κ1) is 9.71. The number of aryl methyl sites for hydroxylation is 1. The molecule has 0 nitrogen and oxygen atoms in total. The molecule has 0 fully saturated rings. The van der Waals surface area contributed by atoms with E-state index in [4.69, 9.17) is 0 Å². The van der Waals surface area contributed by atoms with Crippen molar-refractivity contribution >= 4 is 22.6 Å². The van der Waals surface area contributed by atoms with Gasteiger partial charge in [0, 0.05) is 0 Å². The predicted molar refractivity (Wildman–Crippen MR) is 58.0 cm³/mol. The molecular formula is C10H10FI. The van der Waals surface area contributed by atoms with Crippen LogP contribution in [-0.2, 0) is 6.42 Å². The summed E-state index contributed by atoms with van der Waals surface area (Å²) in [5, 5.41) is 0. The molecule has 0 amide bonds. The molecule has 1 rings (SSSR count). The van der Waals surface area contributed by atoms with Gasteiger partial charge in [-0.2, -0.15) is 0 Å². The van der Waals surface area contributed by atoms with Gasteiger partial charge in [0.25, 0.3) is 0 Å². The maximum Gasteiger partial charge on any atom is 0.156 e. The zero-order valence-corrected chi connectivity index (χ0v) is 8.79. The van der Waals surface area contributed by atoms with Crippen LogP contribution in [0.25, 0.3) is 0 Å². The minimum atomic E-state index is -0.122. The molecule has 64 valence electrons. The van der Waals surface area contributed by atoms with E-state index in [9.17, 15) is 4.39 Å². The summed E-state index contributed by atoms with van der Waals surface area (Å²) in [4.78, 5) is 0. The fourth-order valence-electron chi connectivity index (χ4n) is 0.993. The summed E-state index contributed by atoms with van der Waals surface area (Å²) in [6.07, 6.45) is 3.30. The fraction of sp³-hybridized carbons (Fsp3) is 0.200. The van der Waals surface area contributed by atoms with Crippen LogP contribution in [0.1, 0.15) is 12.0 Å². The zero-order chi connectivity index (χ0) is 8.81. The Kier molecular flexibility index (Phi) is 4.29. The van der Waals surface area contributed by atoms with Crippen molar-refractivity contribution in [2.24, 2.45) is 0 Å². The lowest BCUT2D eigenvalue weighted by atomic mass is 10.1. The minimum absolute atomic E-state index is 0.122. The predicted octanol–water partition coefficient (Wildman–Crippen LogP) is 3.87. The number of hydrogen-bond donors (Lipinski definition) is 0. The van der Waals surface area contributed by atoms with E-state index in [-0.39, 0.29) is 3.83 Å². The van der Waals surface area contributed by atoms with E-state index in [2.05, 4.69) is 12.1 Å². The van der Waals surface area contributed by atoms with Crippen molar-refractivity contribution in [2.75, 3.05) is 0 Å². The normalized spacial score (nSPS) is 11.7. The second-order valence-electron chi connectivity index (χ2n) is 2.52. The van der Waals surface area contributed by atoms with Gasteiger partial charge in [0.2, 0.25) is 0 Å². The van der Waals surface area contributed by atoms with Crippen LogP contribution in [0.15, 0.2) is 40.2 Å². The summed E-state index contributed by atoms with van der Waals surface area (Å²) >= 11 is 1.68. The highest BCUT2D eigenvalue weighted by molar-refractivity contribution is 14.1. The second kappa shape index (κ2) is 5.30. The van der Waals surface area contributed by atoms with Crippen LogP contribution in [0.2, 0.25) is 0 Å². The van der Waals surface area contributed by atoms with Crippen molar-refractivity contribution in [2.45, 2.75) is 12.8 Å². The van der Waals surface area contributed by atoms with Crippen molar-refractivity contribution in [3.63, 3.8) is 0 Å². The Labute approximate surface area is 85.6 Å². The van der Waals surface area contributed by atoms with Crippen LogP contribution in [0.5, 0.6) is 0 Å². The van der Waals surface area contributed by atoms with E-state index in [1.807, 2.05) is 18.2 Å². The van der Waals surface area contributed by atoms with Crippen LogP contribution in [-0.4, -0.2) is 0 Å². The lowest BCUT2D eigenvalue weighted by Gasteiger charge is -1.95. The van der Waals surface area contributed by atoms with Gasteiger partial charge in [0.05, 0.1) is 0 Å². The van der Waals surface area contributed by atoms with Crippen LogP contribution in [0.4, 0.5) is 4.39 Å². The summed E-state index contributed by atoms with van der Waals surface area (Å²) in [6, 6.07) is 10.1. The van der Waals surface area contributed by atoms with Crippen LogP contribution < -0.4 is 0 Å². The molecule has 12 heavy (non-hydrogen) atoms. The maximum atomic E-state index is 12.3. The summed E-state index contributed by atoms with van der Waals surface area (Å²) in [5.41, 5.74) is 1.26. The number of allylic oxidation sites excluding steroid dienone is 1. The molecule has 0 aromatic heterocycles. The monoisotopic (exact) mass is 276 g/mol. The molecule has 1 aromatic rings. The van der Waals surface area contributed by atoms with Crippen LogP contribution in [0.3, 0.4) is 0 Å². The standard InChI is InChI=1S/C10H10FI/c11-10(12)8-4-7-9-5-2-1-3-6-9/h1-3,5-6,8H,4,7H2/b10-8+. The molecule has 0 bridgehead atoms. The summed E-state index contributed by atoms with van der Waals surface area (Å²) in [7, 11) is 0. The number of halogens is 2. The van der Waals surface area contributed by atoms with E-state index in [1.165, 1.54) is 5.56 Å². The molecule has 0 radical (unpaired) electrons. The molecule has 2 heteroatoms. The average molecular weight is 276 g/mol. The summed E-state index contributed by atoms with van der Waals surface area (Å²) in [5.74, 6) is 0. The number of hydrogen-bond acceptors (Lipinski definition) is 0. The first-order valence-electron chi connectivity index (χ1n) is 3.84. The van der Waals surface area contributed by atoms with Gasteiger partial charge in [-0.15, -0.1) is 0 Å². The molecule has 1 aromatic carbocycles. The molecule has 0 spiro atoms. The number of benzene rings is 1. The highest BCUT2D eigenvalue weighted by Gasteiger charge is 1.89. The first-order valence-corrected chi connectivity index (χ1v) is 4.92. The molecule has 0 aliphatic rings. The SMILES string of the molecule is F/C(I)=C\CCc1ccccc1. The molecule has 0 aliphatic carbocycles. The van der Waals surface area contributed by atoms with E-state index >= 15 is 0 Å². The molecule has 0 saturated carbocycles. The third kappa shape index (κ3) is 3.85. The quantitative estimate of drug-likeness (QED) is 0.735. The maximum absolute atomic E-state index is 12.3. The van der Waals surface area contributed by atoms with E-state index in [0.717, 1.165) is 12.8 Å². The zero-order valence-electron chi connectivity index (χ0n) is 6.63. The van der Waals surface area contributed by atoms with Crippen LogP contribution >= 0.6 is 22.6 Å². The first-order chi connectivity index (χ1) is 5.79. The summed E-state index contributed by atoms with van der Waals surface area (Å²) < 4.78 is 12.1. The molecule has 0 saturated heterocycles. The smallest absolute Gasteiger partial charge is 0.156 e. The van der Waals surface area contributed by atoms with Gasteiger partial charge in [0.15, 0.2) is 3.83 Å². The Morgan fingerprint density at radius 1 is 1.33 bits per heavy atom. The van der Waals surface area contributed by atoms with Gasteiger partial charge in [-0.05, 0) is 47.1 Å². The van der Waals surface area contributed by atoms with Crippen molar-refractivity contribution in [3.8, 4) is 0 Å². The van der Waals surface area contributed by atoms with E-state index < -0.39 is 0 Å². The van der Waals surface area contributed by atoms with E-state index in [1.54, 1.807) is 28.7 Å². The largest absolute Gasteiger partial charge is 0.200 e. The molecule has 0 aliphatic heterocycles. The van der Waals surface area contributed by atoms with Gasteiger partial charge in [-0.25, -0.2) is 4.39 Å². The van der Waals surface area contributed by atoms with Gasteiger partial charge in [-0.3, -0.25) is 0 Å². The molecule has 0 atom stereocenters. The Hall–Kier alpha value is -0.380. The van der Waals surface area contributed by atoms with Crippen LogP contribution in [0, 0.1) is 0 Å². The van der Waals surface area contributed by atoms with Crippen molar-refractivity contribution in [3.05, 3.63) is 45.8 Å². The molecule has 0 heterocycles. The fourth-order valence-corrected chi connectivity index (χ4v) is 1.30. The molecule has 0 unspecified atom stereocenters. The van der Waals surface area contributed by atoms with Crippen molar-refractivity contribution in [1.29, 1.82) is 0 Å². The van der Waals surface area contributed by atoms with Gasteiger partial charge in [0.1, 0.15) is 0 Å². The molecule has 0 N–H and O–H groups in total. The minimum Gasteiger partial charge on any atom is -0.200 e. The highest BCUT2D eigenvalue weighted by atomic mass is 127. The Balaban J connectivity index is 2.39. The Bertz CT molecular complexity index is 250. The molecular weight excluding hydrogens is 266 g/mol. The topological polar surface area (TPSA) is 0 Å². The third-order valence-electron chi connectivity index (χ3n) is 1.57. The third-order valence-corrected chi connectivity index (χ3v) is 2.01.